The Morgan fingerprint density at radius 1 is 1.37 bits per heavy atom. The monoisotopic (exact) mass is 262 g/mol. The van der Waals surface area contributed by atoms with E-state index in [-0.39, 0.29) is 6.09 Å². The number of fused-ring (bicyclic) bond motifs is 1. The maximum atomic E-state index is 12.1. The molecule has 19 heavy (non-hydrogen) atoms. The first-order chi connectivity index (χ1) is 8.87. The molecule has 2 rings (SSSR count). The standard InChI is InChI=1S/C15H22N2O2/c1-11-6-5-7-12-10-17(9-8-16-13(11)12)14(18)19-15(2,3)4/h5-7,16H,8-10H2,1-4H3. The number of carbonyl (C=O) groups excluding carboxylic acids is 1. The Bertz CT molecular complexity index is 478. The van der Waals surface area contributed by atoms with E-state index >= 15 is 0 Å². The van der Waals surface area contributed by atoms with Crippen molar-refractivity contribution in [2.24, 2.45) is 0 Å². The Morgan fingerprint density at radius 2 is 2.11 bits per heavy atom. The molecule has 1 aromatic carbocycles. The summed E-state index contributed by atoms with van der Waals surface area (Å²) in [6.45, 7) is 9.74. The predicted octanol–water partition coefficient (Wildman–Crippen LogP) is 3.16. The summed E-state index contributed by atoms with van der Waals surface area (Å²) in [5.74, 6) is 0. The Labute approximate surface area is 114 Å². The molecule has 1 aliphatic rings. The molecule has 1 aliphatic heterocycles. The van der Waals surface area contributed by atoms with Crippen LogP contribution in [0.5, 0.6) is 0 Å². The number of nitrogens with one attached hydrogen (secondary N) is 1. The molecule has 0 saturated carbocycles. The minimum absolute atomic E-state index is 0.247. The zero-order valence-electron chi connectivity index (χ0n) is 12.1. The van der Waals surface area contributed by atoms with Crippen molar-refractivity contribution in [1.82, 2.24) is 4.90 Å². The minimum Gasteiger partial charge on any atom is -0.444 e. The molecule has 0 radical (unpaired) electrons. The van der Waals surface area contributed by atoms with Gasteiger partial charge < -0.3 is 15.0 Å². The van der Waals surface area contributed by atoms with Crippen LogP contribution >= 0.6 is 0 Å². The van der Waals surface area contributed by atoms with Gasteiger partial charge in [-0.3, -0.25) is 0 Å². The third-order valence-electron chi connectivity index (χ3n) is 3.06. The van der Waals surface area contributed by atoms with Crippen molar-refractivity contribution in [1.29, 1.82) is 0 Å². The van der Waals surface area contributed by atoms with Crippen LogP contribution in [0.15, 0.2) is 18.2 Å². The molecule has 4 heteroatoms. The molecule has 4 nitrogen and oxygen atoms in total. The van der Waals surface area contributed by atoms with Gasteiger partial charge in [0.2, 0.25) is 0 Å². The van der Waals surface area contributed by atoms with Gasteiger partial charge in [0.05, 0.1) is 6.54 Å². The van der Waals surface area contributed by atoms with Crippen LogP contribution < -0.4 is 5.32 Å². The molecule has 1 amide bonds. The highest BCUT2D eigenvalue weighted by Crippen LogP contribution is 2.24. The molecule has 0 spiro atoms. The first-order valence-corrected chi connectivity index (χ1v) is 6.67. The summed E-state index contributed by atoms with van der Waals surface area (Å²) in [5, 5.41) is 3.39. The first-order valence-electron chi connectivity index (χ1n) is 6.67. The number of carbonyl (C=O) groups is 1. The lowest BCUT2D eigenvalue weighted by Gasteiger charge is -2.26. The average Bonchev–Trinajstić information content (AvgIpc) is 2.50. The number of hydrogen-bond acceptors (Lipinski definition) is 3. The third-order valence-corrected chi connectivity index (χ3v) is 3.06. The van der Waals surface area contributed by atoms with Crippen molar-refractivity contribution in [3.63, 3.8) is 0 Å². The molecule has 0 unspecified atom stereocenters. The van der Waals surface area contributed by atoms with Gasteiger partial charge in [-0.25, -0.2) is 4.79 Å². The van der Waals surface area contributed by atoms with Gasteiger partial charge in [0.25, 0.3) is 0 Å². The van der Waals surface area contributed by atoms with Gasteiger partial charge in [0.1, 0.15) is 5.60 Å². The summed E-state index contributed by atoms with van der Waals surface area (Å²) < 4.78 is 5.44. The molecule has 0 aliphatic carbocycles. The summed E-state index contributed by atoms with van der Waals surface area (Å²) in [4.78, 5) is 13.9. The maximum Gasteiger partial charge on any atom is 0.410 e. The van der Waals surface area contributed by atoms with Crippen LogP contribution in [-0.4, -0.2) is 29.7 Å². The van der Waals surface area contributed by atoms with Crippen LogP contribution in [0.2, 0.25) is 0 Å². The predicted molar refractivity (Wildman–Crippen MR) is 76.3 cm³/mol. The molecule has 0 bridgehead atoms. The summed E-state index contributed by atoms with van der Waals surface area (Å²) in [7, 11) is 0. The highest BCUT2D eigenvalue weighted by Gasteiger charge is 2.24. The molecular weight excluding hydrogens is 240 g/mol. The normalized spacial score (nSPS) is 15.3. The summed E-state index contributed by atoms with van der Waals surface area (Å²) in [6.07, 6.45) is -0.247. The number of aryl methyl sites for hydroxylation is 1. The van der Waals surface area contributed by atoms with E-state index in [2.05, 4.69) is 24.4 Å². The van der Waals surface area contributed by atoms with Crippen LogP contribution in [0, 0.1) is 6.92 Å². The maximum absolute atomic E-state index is 12.1. The van der Waals surface area contributed by atoms with E-state index in [0.29, 0.717) is 13.1 Å². The lowest BCUT2D eigenvalue weighted by molar-refractivity contribution is 0.0245. The van der Waals surface area contributed by atoms with Crippen molar-refractivity contribution in [3.05, 3.63) is 29.3 Å². The second-order valence-corrected chi connectivity index (χ2v) is 5.94. The van der Waals surface area contributed by atoms with Gasteiger partial charge in [0.15, 0.2) is 0 Å². The fraction of sp³-hybridized carbons (Fsp3) is 0.533. The van der Waals surface area contributed by atoms with Crippen LogP contribution in [0.3, 0.4) is 0 Å². The van der Waals surface area contributed by atoms with Gasteiger partial charge in [-0.2, -0.15) is 0 Å². The number of anilines is 1. The Hall–Kier alpha value is -1.71. The Kier molecular flexibility index (Phi) is 3.69. The van der Waals surface area contributed by atoms with E-state index in [1.807, 2.05) is 26.8 Å². The van der Waals surface area contributed by atoms with E-state index in [4.69, 9.17) is 4.74 Å². The van der Waals surface area contributed by atoms with Gasteiger partial charge in [-0.15, -0.1) is 0 Å². The number of nitrogens with zero attached hydrogens (tertiary/aromatic N) is 1. The summed E-state index contributed by atoms with van der Waals surface area (Å²) in [5.41, 5.74) is 3.05. The minimum atomic E-state index is -0.452. The molecule has 0 aromatic heterocycles. The second kappa shape index (κ2) is 5.11. The van der Waals surface area contributed by atoms with Crippen molar-refractivity contribution in [3.8, 4) is 0 Å². The van der Waals surface area contributed by atoms with Gasteiger partial charge in [-0.1, -0.05) is 18.2 Å². The second-order valence-electron chi connectivity index (χ2n) is 5.94. The SMILES string of the molecule is Cc1cccc2c1NCCN(C(=O)OC(C)(C)C)C2. The number of benzene rings is 1. The molecule has 0 fully saturated rings. The molecule has 0 atom stereocenters. The number of hydrogen-bond donors (Lipinski definition) is 1. The molecule has 1 aromatic rings. The van der Waals surface area contributed by atoms with Gasteiger partial charge >= 0.3 is 6.09 Å². The van der Waals surface area contributed by atoms with Gasteiger partial charge in [0, 0.05) is 18.8 Å². The largest absolute Gasteiger partial charge is 0.444 e. The average molecular weight is 262 g/mol. The fourth-order valence-electron chi connectivity index (χ4n) is 2.20. The first kappa shape index (κ1) is 13.7. The zero-order chi connectivity index (χ0) is 14.0. The van der Waals surface area contributed by atoms with Crippen LogP contribution in [0.4, 0.5) is 10.5 Å². The van der Waals surface area contributed by atoms with Crippen molar-refractivity contribution in [2.45, 2.75) is 39.8 Å². The Morgan fingerprint density at radius 3 is 2.79 bits per heavy atom. The van der Waals surface area contributed by atoms with Crippen LogP contribution in [0.25, 0.3) is 0 Å². The number of para-hydroxylation sites is 1. The molecule has 1 heterocycles. The van der Waals surface area contributed by atoms with Gasteiger partial charge in [-0.05, 0) is 38.8 Å². The Balaban J connectivity index is 2.16. The quantitative estimate of drug-likeness (QED) is 0.781. The highest BCUT2D eigenvalue weighted by molar-refractivity contribution is 5.69. The number of ether oxygens (including phenoxy) is 1. The number of rotatable bonds is 0. The van der Waals surface area contributed by atoms with E-state index < -0.39 is 5.60 Å². The zero-order valence-corrected chi connectivity index (χ0v) is 12.1. The molecule has 1 N–H and O–H groups in total. The lowest BCUT2D eigenvalue weighted by Crippen LogP contribution is -2.37. The topological polar surface area (TPSA) is 41.6 Å². The molecular formula is C15H22N2O2. The van der Waals surface area contributed by atoms with E-state index in [9.17, 15) is 4.79 Å². The fourth-order valence-corrected chi connectivity index (χ4v) is 2.20. The summed E-state index contributed by atoms with van der Waals surface area (Å²) in [6, 6.07) is 6.15. The smallest absolute Gasteiger partial charge is 0.410 e. The highest BCUT2D eigenvalue weighted by atomic mass is 16.6. The van der Waals surface area contributed by atoms with E-state index in [1.54, 1.807) is 4.90 Å². The van der Waals surface area contributed by atoms with Crippen molar-refractivity contribution in [2.75, 3.05) is 18.4 Å². The van der Waals surface area contributed by atoms with Crippen molar-refractivity contribution < 1.29 is 9.53 Å². The lowest BCUT2D eigenvalue weighted by atomic mass is 10.1. The number of amides is 1. The van der Waals surface area contributed by atoms with Crippen molar-refractivity contribution >= 4 is 11.8 Å². The third kappa shape index (κ3) is 3.40. The molecule has 0 saturated heterocycles. The van der Waals surface area contributed by atoms with Crippen LogP contribution in [-0.2, 0) is 11.3 Å². The summed E-state index contributed by atoms with van der Waals surface area (Å²) >= 11 is 0. The van der Waals surface area contributed by atoms with E-state index in [0.717, 1.165) is 17.8 Å². The van der Waals surface area contributed by atoms with E-state index in [1.165, 1.54) is 5.56 Å². The van der Waals surface area contributed by atoms with Crippen LogP contribution in [0.1, 0.15) is 31.9 Å². The molecule has 104 valence electrons.